The SMILES string of the molecule is O=C(OBr)c1ccc(O)c(CC(OC(F)(F)F)[N+](=O)[O-])c1. The summed E-state index contributed by atoms with van der Waals surface area (Å²) in [6.07, 6.45) is -8.55. The number of nitrogens with zero attached hydrogens (tertiary/aromatic N) is 1. The molecule has 11 heteroatoms. The zero-order valence-corrected chi connectivity index (χ0v) is 11.6. The van der Waals surface area contributed by atoms with Gasteiger partial charge in [0, 0.05) is 5.56 Å². The number of aromatic hydroxyl groups is 1. The molecule has 1 unspecified atom stereocenters. The molecule has 1 N–H and O–H groups in total. The van der Waals surface area contributed by atoms with E-state index in [1.165, 1.54) is 0 Å². The van der Waals surface area contributed by atoms with Crippen molar-refractivity contribution in [3.63, 3.8) is 0 Å². The standard InChI is InChI=1S/C10H7BrF3NO6/c11-21-9(17)5-1-2-7(16)6(3-5)4-8(15(18)19)20-10(12,13)14/h1-3,8,16H,4H2. The van der Waals surface area contributed by atoms with Gasteiger partial charge in [0.25, 0.3) is 0 Å². The molecule has 0 aromatic heterocycles. The van der Waals surface area contributed by atoms with Crippen molar-refractivity contribution in [1.82, 2.24) is 0 Å². The Labute approximate surface area is 123 Å². The van der Waals surface area contributed by atoms with Crippen LogP contribution >= 0.6 is 16.3 Å². The summed E-state index contributed by atoms with van der Waals surface area (Å²) in [6, 6.07) is 3.10. The monoisotopic (exact) mass is 373 g/mol. The van der Waals surface area contributed by atoms with Gasteiger partial charge in [-0.15, -0.1) is 13.2 Å². The summed E-state index contributed by atoms with van der Waals surface area (Å²) >= 11 is 2.41. The molecule has 0 saturated heterocycles. The van der Waals surface area contributed by atoms with Crippen molar-refractivity contribution in [3.05, 3.63) is 39.4 Å². The summed E-state index contributed by atoms with van der Waals surface area (Å²) in [6.45, 7) is 0. The van der Waals surface area contributed by atoms with E-state index in [4.69, 9.17) is 0 Å². The summed E-state index contributed by atoms with van der Waals surface area (Å²) in [7, 11) is 0. The number of ether oxygens (including phenoxy) is 1. The van der Waals surface area contributed by atoms with Crippen LogP contribution in [0.2, 0.25) is 0 Å². The van der Waals surface area contributed by atoms with Crippen LogP contribution in [-0.2, 0) is 15.0 Å². The van der Waals surface area contributed by atoms with Crippen molar-refractivity contribution < 1.29 is 36.6 Å². The summed E-state index contributed by atoms with van der Waals surface area (Å²) in [5.41, 5.74) is -0.384. The lowest BCUT2D eigenvalue weighted by molar-refractivity contribution is -0.605. The van der Waals surface area contributed by atoms with Gasteiger partial charge in [-0.1, -0.05) is 0 Å². The first kappa shape index (κ1) is 17.2. The van der Waals surface area contributed by atoms with Gasteiger partial charge < -0.3 is 8.93 Å². The summed E-state index contributed by atoms with van der Waals surface area (Å²) in [4.78, 5) is 20.5. The van der Waals surface area contributed by atoms with E-state index in [-0.39, 0.29) is 11.1 Å². The van der Waals surface area contributed by atoms with Crippen molar-refractivity contribution >= 4 is 22.2 Å². The first-order valence-corrected chi connectivity index (χ1v) is 5.81. The number of halogens is 4. The summed E-state index contributed by atoms with van der Waals surface area (Å²) in [5, 5.41) is 20.1. The van der Waals surface area contributed by atoms with Crippen LogP contribution in [0.4, 0.5) is 13.2 Å². The molecular weight excluding hydrogens is 367 g/mol. The van der Waals surface area contributed by atoms with E-state index in [2.05, 4.69) is 24.8 Å². The molecule has 0 aliphatic heterocycles. The Morgan fingerprint density at radius 1 is 1.48 bits per heavy atom. The Morgan fingerprint density at radius 3 is 2.57 bits per heavy atom. The van der Waals surface area contributed by atoms with Gasteiger partial charge in [-0.3, -0.25) is 10.1 Å². The third kappa shape index (κ3) is 5.19. The second-order valence-corrected chi connectivity index (χ2v) is 4.04. The average Bonchev–Trinajstić information content (AvgIpc) is 2.37. The van der Waals surface area contributed by atoms with E-state index in [0.29, 0.717) is 0 Å². The highest BCUT2D eigenvalue weighted by molar-refractivity contribution is 9.06. The van der Waals surface area contributed by atoms with Gasteiger partial charge in [0.05, 0.1) is 16.9 Å². The molecule has 1 rings (SSSR count). The number of benzene rings is 1. The number of carbonyl (C=O) groups excluding carboxylic acids is 1. The molecule has 0 spiro atoms. The molecule has 1 aromatic rings. The number of alkyl halides is 3. The van der Waals surface area contributed by atoms with Crippen LogP contribution in [0.25, 0.3) is 0 Å². The van der Waals surface area contributed by atoms with E-state index >= 15 is 0 Å². The molecule has 0 heterocycles. The molecule has 1 aromatic carbocycles. The minimum atomic E-state index is -5.21. The van der Waals surface area contributed by atoms with Crippen LogP contribution in [0.1, 0.15) is 15.9 Å². The predicted molar refractivity (Wildman–Crippen MR) is 64.1 cm³/mol. The van der Waals surface area contributed by atoms with Crippen molar-refractivity contribution in [3.8, 4) is 5.75 Å². The number of nitro groups is 1. The smallest absolute Gasteiger partial charge is 0.508 e. The highest BCUT2D eigenvalue weighted by Crippen LogP contribution is 2.25. The Bertz CT molecular complexity index is 550. The Balaban J connectivity index is 3.03. The van der Waals surface area contributed by atoms with Gasteiger partial charge in [-0.25, -0.2) is 9.53 Å². The highest BCUT2D eigenvalue weighted by atomic mass is 79.9. The van der Waals surface area contributed by atoms with Crippen molar-refractivity contribution in [2.75, 3.05) is 0 Å². The zero-order chi connectivity index (χ0) is 16.2. The van der Waals surface area contributed by atoms with Crippen LogP contribution in [0.3, 0.4) is 0 Å². The second-order valence-electron chi connectivity index (χ2n) is 3.72. The number of rotatable bonds is 5. The van der Waals surface area contributed by atoms with Crippen LogP contribution in [0.15, 0.2) is 18.2 Å². The minimum Gasteiger partial charge on any atom is -0.508 e. The number of phenolic OH excluding ortho intramolecular Hbond substituents is 1. The van der Waals surface area contributed by atoms with Gasteiger partial charge in [0.15, 0.2) is 16.3 Å². The highest BCUT2D eigenvalue weighted by Gasteiger charge is 2.39. The molecule has 0 bridgehead atoms. The molecule has 0 fully saturated rings. The first-order valence-electron chi connectivity index (χ1n) is 5.17. The van der Waals surface area contributed by atoms with Crippen LogP contribution < -0.4 is 0 Å². The lowest BCUT2D eigenvalue weighted by atomic mass is 10.1. The van der Waals surface area contributed by atoms with Crippen molar-refractivity contribution in [1.29, 1.82) is 0 Å². The Morgan fingerprint density at radius 2 is 2.10 bits per heavy atom. The number of hydrogen-bond donors (Lipinski definition) is 1. The molecule has 21 heavy (non-hydrogen) atoms. The Hall–Kier alpha value is -1.88. The van der Waals surface area contributed by atoms with E-state index in [1.807, 2.05) is 0 Å². The number of phenols is 1. The normalized spacial score (nSPS) is 12.8. The lowest BCUT2D eigenvalue weighted by Gasteiger charge is -2.13. The average molecular weight is 374 g/mol. The van der Waals surface area contributed by atoms with E-state index in [1.54, 1.807) is 0 Å². The van der Waals surface area contributed by atoms with E-state index in [9.17, 15) is 33.2 Å². The van der Waals surface area contributed by atoms with Crippen LogP contribution in [-0.4, -0.2) is 28.6 Å². The fraction of sp³-hybridized carbons (Fsp3) is 0.300. The van der Waals surface area contributed by atoms with Gasteiger partial charge >= 0.3 is 18.6 Å². The number of hydrogen-bond acceptors (Lipinski definition) is 6. The maximum absolute atomic E-state index is 12.1. The quantitative estimate of drug-likeness (QED) is 0.483. The fourth-order valence-electron chi connectivity index (χ4n) is 1.42. The Kier molecular flexibility index (Phi) is 5.49. The predicted octanol–water partition coefficient (Wildman–Crippen LogP) is 2.54. The van der Waals surface area contributed by atoms with Gasteiger partial charge in [0.1, 0.15) is 5.75 Å². The molecule has 0 aliphatic carbocycles. The van der Waals surface area contributed by atoms with E-state index < -0.39 is 35.7 Å². The fourth-order valence-corrected chi connectivity index (χ4v) is 1.61. The largest absolute Gasteiger partial charge is 0.527 e. The maximum Gasteiger partial charge on any atom is 0.527 e. The topological polar surface area (TPSA) is 98.9 Å². The molecule has 0 amide bonds. The molecular formula is C10H7BrF3NO6. The lowest BCUT2D eigenvalue weighted by Crippen LogP contribution is -2.32. The molecule has 7 nitrogen and oxygen atoms in total. The maximum atomic E-state index is 12.1. The van der Waals surface area contributed by atoms with Gasteiger partial charge in [-0.2, -0.15) is 0 Å². The molecule has 0 saturated carbocycles. The third-order valence-electron chi connectivity index (χ3n) is 2.28. The first-order chi connectivity index (χ1) is 9.64. The summed E-state index contributed by atoms with van der Waals surface area (Å²) < 4.78 is 43.7. The van der Waals surface area contributed by atoms with Crippen molar-refractivity contribution in [2.45, 2.75) is 19.0 Å². The molecule has 116 valence electrons. The van der Waals surface area contributed by atoms with Gasteiger partial charge in [0.2, 0.25) is 0 Å². The second kappa shape index (κ2) is 6.72. The summed E-state index contributed by atoms with van der Waals surface area (Å²) in [5.74, 6) is -1.40. The minimum absolute atomic E-state index is 0.117. The zero-order valence-electron chi connectivity index (χ0n) is 9.96. The van der Waals surface area contributed by atoms with Crippen LogP contribution in [0, 0.1) is 10.1 Å². The third-order valence-corrected chi connectivity index (χ3v) is 2.58. The number of carbonyl (C=O) groups is 1. The molecule has 1 atom stereocenters. The van der Waals surface area contributed by atoms with E-state index in [0.717, 1.165) is 18.2 Å². The van der Waals surface area contributed by atoms with Crippen LogP contribution in [0.5, 0.6) is 5.75 Å². The van der Waals surface area contributed by atoms with Gasteiger partial charge in [-0.05, 0) is 18.2 Å². The van der Waals surface area contributed by atoms with Crippen molar-refractivity contribution in [2.24, 2.45) is 0 Å². The molecule has 0 aliphatic rings. The molecule has 0 radical (unpaired) electrons.